The topological polar surface area (TPSA) is 20.3 Å². The number of hydrogen-bond acceptors (Lipinski definition) is 2. The molecule has 2 nitrogen and oxygen atoms in total. The minimum atomic E-state index is 0.293. The lowest BCUT2D eigenvalue weighted by molar-refractivity contribution is 0.0735. The quantitative estimate of drug-likeness (QED) is 0.732. The SMILES string of the molecule is O=C(c1cc2c(s1)CCCC2)N1CCCC1CCCBr. The molecule has 1 aromatic rings. The molecule has 1 unspecified atom stereocenters. The van der Waals surface area contributed by atoms with Gasteiger partial charge in [0, 0.05) is 22.8 Å². The van der Waals surface area contributed by atoms with Crippen LogP contribution in [-0.2, 0) is 12.8 Å². The van der Waals surface area contributed by atoms with Crippen LogP contribution in [0.15, 0.2) is 6.07 Å². The molecule has 1 atom stereocenters. The molecule has 0 spiro atoms. The third-order valence-electron chi connectivity index (χ3n) is 4.52. The van der Waals surface area contributed by atoms with E-state index in [4.69, 9.17) is 0 Å². The van der Waals surface area contributed by atoms with Gasteiger partial charge in [0.05, 0.1) is 4.88 Å². The minimum absolute atomic E-state index is 0.293. The summed E-state index contributed by atoms with van der Waals surface area (Å²) < 4.78 is 0. The molecule has 1 amide bonds. The van der Waals surface area contributed by atoms with Gasteiger partial charge in [-0.3, -0.25) is 4.79 Å². The fourth-order valence-corrected chi connectivity index (χ4v) is 4.99. The molecule has 20 heavy (non-hydrogen) atoms. The summed E-state index contributed by atoms with van der Waals surface area (Å²) in [6, 6.07) is 2.65. The van der Waals surface area contributed by atoms with E-state index in [-0.39, 0.29) is 0 Å². The number of alkyl halides is 1. The van der Waals surface area contributed by atoms with Crippen LogP contribution in [0.5, 0.6) is 0 Å². The van der Waals surface area contributed by atoms with E-state index in [1.807, 2.05) is 0 Å². The summed E-state index contributed by atoms with van der Waals surface area (Å²) in [5.74, 6) is 0.293. The highest BCUT2D eigenvalue weighted by Gasteiger charge is 2.30. The van der Waals surface area contributed by atoms with Gasteiger partial charge in [-0.2, -0.15) is 0 Å². The Bertz CT molecular complexity index is 461. The number of carbonyl (C=O) groups excluding carboxylic acids is 1. The van der Waals surface area contributed by atoms with Crippen molar-refractivity contribution >= 4 is 33.2 Å². The molecule has 2 heterocycles. The second-order valence-corrected chi connectivity index (χ2v) is 7.82. The summed E-state index contributed by atoms with van der Waals surface area (Å²) in [5, 5.41) is 1.04. The van der Waals surface area contributed by atoms with Crippen LogP contribution < -0.4 is 0 Å². The Morgan fingerprint density at radius 3 is 3.00 bits per heavy atom. The predicted molar refractivity (Wildman–Crippen MR) is 88.0 cm³/mol. The van der Waals surface area contributed by atoms with Crippen LogP contribution in [0.4, 0.5) is 0 Å². The Kier molecular flexibility index (Phi) is 4.82. The summed E-state index contributed by atoms with van der Waals surface area (Å²) in [6.07, 6.45) is 9.59. The van der Waals surface area contributed by atoms with E-state index in [1.165, 1.54) is 49.0 Å². The number of halogens is 1. The molecule has 1 aliphatic heterocycles. The first-order chi connectivity index (χ1) is 9.79. The number of nitrogens with zero attached hydrogens (tertiary/aromatic N) is 1. The molecule has 0 radical (unpaired) electrons. The van der Waals surface area contributed by atoms with E-state index in [0.29, 0.717) is 11.9 Å². The van der Waals surface area contributed by atoms with E-state index in [0.717, 1.165) is 29.6 Å². The molecular formula is C16H22BrNOS. The van der Waals surface area contributed by atoms with Crippen LogP contribution in [0, 0.1) is 0 Å². The van der Waals surface area contributed by atoms with Crippen LogP contribution in [0.1, 0.15) is 58.6 Å². The van der Waals surface area contributed by atoms with E-state index in [1.54, 1.807) is 11.3 Å². The molecular weight excluding hydrogens is 334 g/mol. The lowest BCUT2D eigenvalue weighted by atomic mass is 9.99. The number of rotatable bonds is 4. The van der Waals surface area contributed by atoms with Crippen molar-refractivity contribution in [2.45, 2.75) is 57.4 Å². The van der Waals surface area contributed by atoms with Gasteiger partial charge in [-0.1, -0.05) is 15.9 Å². The molecule has 3 rings (SSSR count). The molecule has 0 aromatic carbocycles. The summed E-state index contributed by atoms with van der Waals surface area (Å²) in [6.45, 7) is 0.953. The first-order valence-electron chi connectivity index (χ1n) is 7.78. The van der Waals surface area contributed by atoms with E-state index < -0.39 is 0 Å². The van der Waals surface area contributed by atoms with Gasteiger partial charge in [-0.15, -0.1) is 11.3 Å². The second-order valence-electron chi connectivity index (χ2n) is 5.89. The fourth-order valence-electron chi connectivity index (χ4n) is 3.45. The van der Waals surface area contributed by atoms with Crippen LogP contribution in [0.25, 0.3) is 0 Å². The molecule has 1 aliphatic carbocycles. The standard InChI is InChI=1S/C16H22BrNOS/c17-9-3-6-13-7-4-10-18(13)16(19)15-11-12-5-1-2-8-14(12)20-15/h11,13H,1-10H2. The summed E-state index contributed by atoms with van der Waals surface area (Å²) in [7, 11) is 0. The van der Waals surface area contributed by atoms with E-state index >= 15 is 0 Å². The third kappa shape index (κ3) is 2.96. The van der Waals surface area contributed by atoms with Crippen molar-refractivity contribution in [1.82, 2.24) is 4.90 Å². The number of amides is 1. The average Bonchev–Trinajstić information content (AvgIpc) is 3.10. The van der Waals surface area contributed by atoms with Gasteiger partial charge in [-0.25, -0.2) is 0 Å². The number of likely N-dealkylation sites (tertiary alicyclic amines) is 1. The van der Waals surface area contributed by atoms with Crippen LogP contribution in [-0.4, -0.2) is 28.7 Å². The Balaban J connectivity index is 1.72. The van der Waals surface area contributed by atoms with Crippen LogP contribution >= 0.6 is 27.3 Å². The molecule has 0 N–H and O–H groups in total. The van der Waals surface area contributed by atoms with E-state index in [2.05, 4.69) is 26.9 Å². The molecule has 1 aromatic heterocycles. The lowest BCUT2D eigenvalue weighted by Gasteiger charge is -2.24. The van der Waals surface area contributed by atoms with Gasteiger partial charge >= 0.3 is 0 Å². The first-order valence-corrected chi connectivity index (χ1v) is 9.72. The summed E-state index contributed by atoms with van der Waals surface area (Å²) >= 11 is 5.25. The Hall–Kier alpha value is -0.350. The van der Waals surface area contributed by atoms with E-state index in [9.17, 15) is 4.79 Å². The number of fused-ring (bicyclic) bond motifs is 1. The molecule has 4 heteroatoms. The van der Waals surface area contributed by atoms with Crippen molar-refractivity contribution in [2.75, 3.05) is 11.9 Å². The number of thiophene rings is 1. The highest BCUT2D eigenvalue weighted by Crippen LogP contribution is 2.32. The van der Waals surface area contributed by atoms with Gasteiger partial charge in [-0.05, 0) is 63.0 Å². The lowest BCUT2D eigenvalue weighted by Crippen LogP contribution is -2.35. The summed E-state index contributed by atoms with van der Waals surface area (Å²) in [4.78, 5) is 17.4. The molecule has 2 aliphatic rings. The summed E-state index contributed by atoms with van der Waals surface area (Å²) in [5.41, 5.74) is 1.45. The number of aryl methyl sites for hydroxylation is 2. The monoisotopic (exact) mass is 355 g/mol. The highest BCUT2D eigenvalue weighted by atomic mass is 79.9. The van der Waals surface area contributed by atoms with Gasteiger partial charge in [0.2, 0.25) is 0 Å². The number of carbonyl (C=O) groups is 1. The van der Waals surface area contributed by atoms with Crippen molar-refractivity contribution in [3.63, 3.8) is 0 Å². The predicted octanol–water partition coefficient (Wildman–Crippen LogP) is 4.41. The van der Waals surface area contributed by atoms with Crippen molar-refractivity contribution in [3.8, 4) is 0 Å². The van der Waals surface area contributed by atoms with Gasteiger partial charge in [0.15, 0.2) is 0 Å². The largest absolute Gasteiger partial charge is 0.335 e. The fraction of sp³-hybridized carbons (Fsp3) is 0.688. The molecule has 110 valence electrons. The molecule has 0 saturated carbocycles. The van der Waals surface area contributed by atoms with Crippen molar-refractivity contribution in [2.24, 2.45) is 0 Å². The van der Waals surface area contributed by atoms with Crippen LogP contribution in [0.2, 0.25) is 0 Å². The normalized spacial score (nSPS) is 22.1. The average molecular weight is 356 g/mol. The van der Waals surface area contributed by atoms with Crippen molar-refractivity contribution in [3.05, 3.63) is 21.4 Å². The van der Waals surface area contributed by atoms with Gasteiger partial charge in [0.1, 0.15) is 0 Å². The van der Waals surface area contributed by atoms with Crippen molar-refractivity contribution < 1.29 is 4.79 Å². The zero-order valence-corrected chi connectivity index (χ0v) is 14.3. The maximum atomic E-state index is 12.8. The minimum Gasteiger partial charge on any atom is -0.335 e. The molecule has 1 fully saturated rings. The van der Waals surface area contributed by atoms with Crippen LogP contribution in [0.3, 0.4) is 0 Å². The Labute approximate surface area is 133 Å². The molecule has 0 bridgehead atoms. The highest BCUT2D eigenvalue weighted by molar-refractivity contribution is 9.09. The Morgan fingerprint density at radius 1 is 1.35 bits per heavy atom. The Morgan fingerprint density at radius 2 is 2.20 bits per heavy atom. The van der Waals surface area contributed by atoms with Crippen molar-refractivity contribution in [1.29, 1.82) is 0 Å². The maximum Gasteiger partial charge on any atom is 0.264 e. The smallest absolute Gasteiger partial charge is 0.264 e. The van der Waals surface area contributed by atoms with Gasteiger partial charge < -0.3 is 4.90 Å². The molecule has 1 saturated heterocycles. The third-order valence-corrected chi connectivity index (χ3v) is 6.30. The van der Waals surface area contributed by atoms with Gasteiger partial charge in [0.25, 0.3) is 5.91 Å². The number of hydrogen-bond donors (Lipinski definition) is 0. The maximum absolute atomic E-state index is 12.8. The second kappa shape index (κ2) is 6.61. The first kappa shape index (κ1) is 14.6. The zero-order chi connectivity index (χ0) is 13.9. The zero-order valence-electron chi connectivity index (χ0n) is 11.9.